The number of benzene rings is 1. The van der Waals surface area contributed by atoms with Crippen molar-refractivity contribution in [3.05, 3.63) is 46.5 Å². The first kappa shape index (κ1) is 16.0. The van der Waals surface area contributed by atoms with E-state index in [0.717, 1.165) is 24.6 Å². The van der Waals surface area contributed by atoms with Gasteiger partial charge in [0.25, 0.3) is 0 Å². The van der Waals surface area contributed by atoms with Gasteiger partial charge >= 0.3 is 0 Å². The third-order valence-electron chi connectivity index (χ3n) is 4.18. The minimum atomic E-state index is -0.125. The zero-order valence-corrected chi connectivity index (χ0v) is 14.6. The van der Waals surface area contributed by atoms with E-state index in [1.54, 1.807) is 18.4 Å². The van der Waals surface area contributed by atoms with Gasteiger partial charge in [0.2, 0.25) is 5.91 Å². The number of carbonyl (C=O) groups is 1. The van der Waals surface area contributed by atoms with Crippen molar-refractivity contribution in [3.8, 4) is 0 Å². The lowest BCUT2D eigenvalue weighted by atomic mass is 9.93. The second-order valence-corrected chi connectivity index (χ2v) is 7.11. The molecule has 1 aliphatic rings. The highest BCUT2D eigenvalue weighted by atomic mass is 32.1. The number of rotatable bonds is 4. The lowest BCUT2D eigenvalue weighted by molar-refractivity contribution is -0.126. The highest BCUT2D eigenvalue weighted by molar-refractivity contribution is 7.15. The molecule has 1 aromatic carbocycles. The first-order valence-corrected chi connectivity index (χ1v) is 8.54. The summed E-state index contributed by atoms with van der Waals surface area (Å²) >= 11 is 1.68. The predicted molar refractivity (Wildman–Crippen MR) is 93.7 cm³/mol. The van der Waals surface area contributed by atoms with Crippen molar-refractivity contribution in [2.75, 3.05) is 26.0 Å². The van der Waals surface area contributed by atoms with Crippen molar-refractivity contribution in [1.29, 1.82) is 0 Å². The molecule has 1 amide bonds. The average molecular weight is 330 g/mol. The molecule has 3 rings (SSSR count). The maximum absolute atomic E-state index is 12.3. The van der Waals surface area contributed by atoms with Crippen LogP contribution in [0.5, 0.6) is 0 Å². The molecule has 0 saturated heterocycles. The van der Waals surface area contributed by atoms with Gasteiger partial charge in [0, 0.05) is 45.3 Å². The number of carbonyl (C=O) groups excluding carboxylic acids is 1. The Labute approximate surface area is 140 Å². The van der Waals surface area contributed by atoms with Crippen molar-refractivity contribution in [3.63, 3.8) is 0 Å². The number of nitrogens with one attached hydrogen (secondary N) is 1. The Morgan fingerprint density at radius 1 is 1.39 bits per heavy atom. The van der Waals surface area contributed by atoms with Crippen LogP contribution in [-0.4, -0.2) is 43.0 Å². The van der Waals surface area contributed by atoms with Crippen LogP contribution in [0.2, 0.25) is 0 Å². The number of thiazole rings is 1. The summed E-state index contributed by atoms with van der Waals surface area (Å²) in [7, 11) is 5.69. The maximum atomic E-state index is 12.3. The molecular weight excluding hydrogens is 308 g/mol. The summed E-state index contributed by atoms with van der Waals surface area (Å²) in [6.07, 6.45) is 2.68. The lowest BCUT2D eigenvalue weighted by Crippen LogP contribution is -2.48. The number of nitrogens with zero attached hydrogens (tertiary/aromatic N) is 3. The Balaban J connectivity index is 1.83. The topological polar surface area (TPSA) is 48.5 Å². The Bertz CT molecular complexity index is 697. The monoisotopic (exact) mass is 330 g/mol. The normalized spacial score (nSPS) is 17.6. The van der Waals surface area contributed by atoms with Crippen LogP contribution in [0.4, 0.5) is 5.13 Å². The second kappa shape index (κ2) is 6.68. The van der Waals surface area contributed by atoms with Gasteiger partial charge in [0.1, 0.15) is 0 Å². The van der Waals surface area contributed by atoms with Gasteiger partial charge in [-0.2, -0.15) is 0 Å². The quantitative estimate of drug-likeness (QED) is 0.930. The summed E-state index contributed by atoms with van der Waals surface area (Å²) in [5, 5.41) is 3.80. The number of likely N-dealkylation sites (N-methyl/N-ethyl adjacent to an activating group) is 1. The molecule has 23 heavy (non-hydrogen) atoms. The van der Waals surface area contributed by atoms with E-state index in [9.17, 15) is 4.79 Å². The zero-order valence-electron chi connectivity index (χ0n) is 13.7. The number of amides is 1. The van der Waals surface area contributed by atoms with E-state index in [0.29, 0.717) is 0 Å². The highest BCUT2D eigenvalue weighted by Gasteiger charge is 2.31. The number of hydrogen-bond donors (Lipinski definition) is 1. The minimum Gasteiger partial charge on any atom is -0.358 e. The van der Waals surface area contributed by atoms with E-state index in [2.05, 4.69) is 33.4 Å². The molecule has 2 aromatic rings. The van der Waals surface area contributed by atoms with Gasteiger partial charge in [-0.25, -0.2) is 4.98 Å². The van der Waals surface area contributed by atoms with Crippen LogP contribution in [0.3, 0.4) is 0 Å². The van der Waals surface area contributed by atoms with Gasteiger partial charge in [-0.3, -0.25) is 9.69 Å². The van der Waals surface area contributed by atoms with Crippen LogP contribution >= 0.6 is 11.3 Å². The standard InChI is InChI=1S/C17H22N4OS/c1-18-16(22)15-8-12-6-4-5-7-13(12)10-21(15)11-14-9-19-17(23-14)20(2)3/h4-7,9,15H,8,10-11H2,1-3H3,(H,18,22)/t15-/m0/s1. The Kier molecular flexibility index (Phi) is 4.63. The number of anilines is 1. The Hall–Kier alpha value is -1.92. The van der Waals surface area contributed by atoms with E-state index in [1.807, 2.05) is 31.3 Å². The molecule has 1 aromatic heterocycles. The molecule has 0 spiro atoms. The zero-order chi connectivity index (χ0) is 16.4. The van der Waals surface area contributed by atoms with Gasteiger partial charge < -0.3 is 10.2 Å². The molecule has 0 unspecified atom stereocenters. The van der Waals surface area contributed by atoms with Crippen molar-refractivity contribution >= 4 is 22.4 Å². The lowest BCUT2D eigenvalue weighted by Gasteiger charge is -2.35. The Morgan fingerprint density at radius 3 is 2.78 bits per heavy atom. The largest absolute Gasteiger partial charge is 0.358 e. The third kappa shape index (κ3) is 3.38. The summed E-state index contributed by atoms with van der Waals surface area (Å²) in [5.41, 5.74) is 2.58. The van der Waals surface area contributed by atoms with Crippen molar-refractivity contribution < 1.29 is 4.79 Å². The van der Waals surface area contributed by atoms with E-state index >= 15 is 0 Å². The summed E-state index contributed by atoms with van der Waals surface area (Å²) in [6, 6.07) is 8.26. The van der Waals surface area contributed by atoms with Gasteiger partial charge in [0.05, 0.1) is 6.04 Å². The van der Waals surface area contributed by atoms with Gasteiger partial charge in [-0.1, -0.05) is 24.3 Å². The fraction of sp³-hybridized carbons (Fsp3) is 0.412. The molecule has 5 nitrogen and oxygen atoms in total. The van der Waals surface area contributed by atoms with Crippen molar-refractivity contribution in [1.82, 2.24) is 15.2 Å². The van der Waals surface area contributed by atoms with Crippen LogP contribution in [-0.2, 0) is 24.3 Å². The summed E-state index contributed by atoms with van der Waals surface area (Å²) in [4.78, 5) is 22.2. The average Bonchev–Trinajstić information content (AvgIpc) is 3.02. The first-order chi connectivity index (χ1) is 11.1. The number of fused-ring (bicyclic) bond motifs is 1. The molecule has 0 aliphatic carbocycles. The SMILES string of the molecule is CNC(=O)[C@@H]1Cc2ccccc2CN1Cc1cnc(N(C)C)s1. The highest BCUT2D eigenvalue weighted by Crippen LogP contribution is 2.28. The van der Waals surface area contributed by atoms with Gasteiger partial charge in [0.15, 0.2) is 5.13 Å². The summed E-state index contributed by atoms with van der Waals surface area (Å²) in [6.45, 7) is 1.54. The molecule has 122 valence electrons. The van der Waals surface area contributed by atoms with E-state index in [1.165, 1.54) is 16.0 Å². The van der Waals surface area contributed by atoms with Gasteiger partial charge in [-0.15, -0.1) is 11.3 Å². The minimum absolute atomic E-state index is 0.0804. The predicted octanol–water partition coefficient (Wildman–Crippen LogP) is 1.88. The van der Waals surface area contributed by atoms with Crippen LogP contribution in [0.15, 0.2) is 30.5 Å². The fourth-order valence-corrected chi connectivity index (χ4v) is 3.80. The van der Waals surface area contributed by atoms with E-state index < -0.39 is 0 Å². The van der Waals surface area contributed by atoms with Crippen LogP contribution in [0.25, 0.3) is 0 Å². The second-order valence-electron chi connectivity index (χ2n) is 6.01. The molecule has 0 radical (unpaired) electrons. The molecule has 2 heterocycles. The molecule has 1 aliphatic heterocycles. The van der Waals surface area contributed by atoms with Crippen LogP contribution < -0.4 is 10.2 Å². The van der Waals surface area contributed by atoms with E-state index in [4.69, 9.17) is 0 Å². The Morgan fingerprint density at radius 2 is 2.13 bits per heavy atom. The van der Waals surface area contributed by atoms with Crippen molar-refractivity contribution in [2.45, 2.75) is 25.6 Å². The smallest absolute Gasteiger partial charge is 0.237 e. The molecule has 0 fully saturated rings. The molecule has 1 N–H and O–H groups in total. The molecule has 6 heteroatoms. The molecule has 0 saturated carbocycles. The van der Waals surface area contributed by atoms with Gasteiger partial charge in [-0.05, 0) is 17.5 Å². The summed E-state index contributed by atoms with van der Waals surface area (Å²) < 4.78 is 0. The third-order valence-corrected chi connectivity index (χ3v) is 5.33. The number of hydrogen-bond acceptors (Lipinski definition) is 5. The number of aromatic nitrogens is 1. The molecular formula is C17H22N4OS. The maximum Gasteiger partial charge on any atom is 0.237 e. The van der Waals surface area contributed by atoms with Crippen LogP contribution in [0, 0.1) is 0 Å². The fourth-order valence-electron chi connectivity index (χ4n) is 2.95. The molecule has 1 atom stereocenters. The van der Waals surface area contributed by atoms with E-state index in [-0.39, 0.29) is 11.9 Å². The summed E-state index contributed by atoms with van der Waals surface area (Å²) in [5.74, 6) is 0.0804. The molecule has 0 bridgehead atoms. The first-order valence-electron chi connectivity index (χ1n) is 7.73. The van der Waals surface area contributed by atoms with Crippen molar-refractivity contribution in [2.24, 2.45) is 0 Å². The van der Waals surface area contributed by atoms with Crippen LogP contribution in [0.1, 0.15) is 16.0 Å².